The van der Waals surface area contributed by atoms with Gasteiger partial charge in [-0.05, 0) is 47.4 Å². The highest BCUT2D eigenvalue weighted by molar-refractivity contribution is 6.35. The number of amides is 2. The summed E-state index contributed by atoms with van der Waals surface area (Å²) in [5.74, 6) is -0.850. The molecule has 7 heteroatoms. The fraction of sp³-hybridized carbons (Fsp3) is 0.231. The lowest BCUT2D eigenvalue weighted by atomic mass is 10.0. The molecular weight excluding hydrogens is 462 g/mol. The van der Waals surface area contributed by atoms with Crippen LogP contribution in [-0.4, -0.2) is 16.7 Å². The van der Waals surface area contributed by atoms with Gasteiger partial charge in [-0.2, -0.15) is 0 Å². The quantitative estimate of drug-likeness (QED) is 0.384. The van der Waals surface area contributed by atoms with Crippen molar-refractivity contribution in [3.63, 3.8) is 0 Å². The Labute approximate surface area is 203 Å². The largest absolute Gasteiger partial charge is 0.350 e. The van der Waals surface area contributed by atoms with Gasteiger partial charge in [0.1, 0.15) is 11.9 Å². The van der Waals surface area contributed by atoms with Crippen molar-refractivity contribution in [3.8, 4) is 0 Å². The molecular formula is C26H25Cl2FN2O2. The van der Waals surface area contributed by atoms with E-state index in [4.69, 9.17) is 23.2 Å². The summed E-state index contributed by atoms with van der Waals surface area (Å²) in [5, 5.41) is 3.87. The van der Waals surface area contributed by atoms with Gasteiger partial charge in [0.05, 0.1) is 0 Å². The summed E-state index contributed by atoms with van der Waals surface area (Å²) in [7, 11) is 0. The Hall–Kier alpha value is -2.89. The number of rotatable bonds is 9. The van der Waals surface area contributed by atoms with Crippen molar-refractivity contribution in [2.45, 2.75) is 38.9 Å². The molecule has 0 aliphatic carbocycles. The number of carbonyl (C=O) groups is 2. The number of hydrogen-bond donors (Lipinski definition) is 1. The number of benzene rings is 3. The molecule has 0 aliphatic heterocycles. The second kappa shape index (κ2) is 11.8. The summed E-state index contributed by atoms with van der Waals surface area (Å²) in [6, 6.07) is 19.3. The molecule has 1 N–H and O–H groups in total. The maximum atomic E-state index is 13.5. The number of halogens is 3. The van der Waals surface area contributed by atoms with Crippen molar-refractivity contribution in [1.82, 2.24) is 10.2 Å². The highest BCUT2D eigenvalue weighted by Crippen LogP contribution is 2.26. The number of carbonyl (C=O) groups excluding carboxylic acids is 2. The smallest absolute Gasteiger partial charge is 0.247 e. The standard InChI is InChI=1S/C26H25Cl2FN2O2/c1-2-6-24(32)31(17-18-9-13-22(29)14-10-18)25(19-7-4-3-5-8-19)26(33)30-16-20-11-12-21(27)15-23(20)28/h3-5,7-15,25H,2,6,16-17H2,1H3,(H,30,33)/t25-/m1/s1. The van der Waals surface area contributed by atoms with E-state index in [1.165, 1.54) is 12.1 Å². The first-order chi connectivity index (χ1) is 15.9. The number of nitrogens with one attached hydrogen (secondary N) is 1. The summed E-state index contributed by atoms with van der Waals surface area (Å²) >= 11 is 12.2. The maximum Gasteiger partial charge on any atom is 0.247 e. The lowest BCUT2D eigenvalue weighted by Gasteiger charge is -2.31. The zero-order valence-corrected chi connectivity index (χ0v) is 19.7. The molecule has 0 saturated carbocycles. The predicted octanol–water partition coefficient (Wildman–Crippen LogP) is 6.32. The Morgan fingerprint density at radius 2 is 1.70 bits per heavy atom. The molecule has 172 valence electrons. The first-order valence-electron chi connectivity index (χ1n) is 10.7. The Morgan fingerprint density at radius 1 is 1.00 bits per heavy atom. The molecule has 4 nitrogen and oxygen atoms in total. The Morgan fingerprint density at radius 3 is 2.33 bits per heavy atom. The predicted molar refractivity (Wildman–Crippen MR) is 129 cm³/mol. The van der Waals surface area contributed by atoms with Gasteiger partial charge in [-0.1, -0.05) is 78.7 Å². The zero-order chi connectivity index (χ0) is 23.8. The lowest BCUT2D eigenvalue weighted by molar-refractivity contribution is -0.141. The summed E-state index contributed by atoms with van der Waals surface area (Å²) < 4.78 is 13.4. The second-order valence-electron chi connectivity index (χ2n) is 7.66. The molecule has 0 unspecified atom stereocenters. The van der Waals surface area contributed by atoms with Gasteiger partial charge in [0.25, 0.3) is 0 Å². The summed E-state index contributed by atoms with van der Waals surface area (Å²) in [5.41, 5.74) is 2.13. The molecule has 3 rings (SSSR count). The highest BCUT2D eigenvalue weighted by atomic mass is 35.5. The fourth-order valence-electron chi connectivity index (χ4n) is 3.52. The Bertz CT molecular complexity index is 1090. The zero-order valence-electron chi connectivity index (χ0n) is 18.2. The molecule has 0 aliphatic rings. The Balaban J connectivity index is 1.92. The first-order valence-corrected chi connectivity index (χ1v) is 11.4. The third-order valence-corrected chi connectivity index (χ3v) is 5.78. The van der Waals surface area contributed by atoms with Crippen molar-refractivity contribution in [3.05, 3.63) is 105 Å². The molecule has 2 amide bonds. The fourth-order valence-corrected chi connectivity index (χ4v) is 3.99. The van der Waals surface area contributed by atoms with Gasteiger partial charge in [-0.3, -0.25) is 9.59 Å². The monoisotopic (exact) mass is 486 g/mol. The molecule has 3 aromatic rings. The van der Waals surface area contributed by atoms with Gasteiger partial charge < -0.3 is 10.2 Å². The van der Waals surface area contributed by atoms with Crippen molar-refractivity contribution < 1.29 is 14.0 Å². The van der Waals surface area contributed by atoms with E-state index in [-0.39, 0.29) is 30.7 Å². The lowest BCUT2D eigenvalue weighted by Crippen LogP contribution is -2.43. The van der Waals surface area contributed by atoms with Crippen molar-refractivity contribution in [2.24, 2.45) is 0 Å². The molecule has 3 aromatic carbocycles. The van der Waals surface area contributed by atoms with Crippen LogP contribution in [0.5, 0.6) is 0 Å². The Kier molecular flexibility index (Phi) is 8.87. The third-order valence-electron chi connectivity index (χ3n) is 5.19. The maximum absolute atomic E-state index is 13.5. The van der Waals surface area contributed by atoms with Crippen LogP contribution in [0.15, 0.2) is 72.8 Å². The van der Waals surface area contributed by atoms with Crippen LogP contribution in [0.3, 0.4) is 0 Å². The van der Waals surface area contributed by atoms with E-state index in [2.05, 4.69) is 5.32 Å². The van der Waals surface area contributed by atoms with E-state index < -0.39 is 6.04 Å². The van der Waals surface area contributed by atoms with Gasteiger partial charge >= 0.3 is 0 Å². The van der Waals surface area contributed by atoms with Crippen LogP contribution in [0.25, 0.3) is 0 Å². The van der Waals surface area contributed by atoms with Crippen molar-refractivity contribution >= 4 is 35.0 Å². The van der Waals surface area contributed by atoms with Crippen LogP contribution in [-0.2, 0) is 22.7 Å². The van der Waals surface area contributed by atoms with Crippen molar-refractivity contribution in [1.29, 1.82) is 0 Å². The van der Waals surface area contributed by atoms with E-state index in [9.17, 15) is 14.0 Å². The SMILES string of the molecule is CCCC(=O)N(Cc1ccc(F)cc1)[C@@H](C(=O)NCc1ccc(Cl)cc1Cl)c1ccccc1. The van der Waals surface area contributed by atoms with Gasteiger partial charge in [0.15, 0.2) is 0 Å². The summed E-state index contributed by atoms with van der Waals surface area (Å²) in [6.45, 7) is 2.27. The molecule has 0 bridgehead atoms. The molecule has 0 heterocycles. The van der Waals surface area contributed by atoms with E-state index in [0.29, 0.717) is 34.0 Å². The molecule has 33 heavy (non-hydrogen) atoms. The highest BCUT2D eigenvalue weighted by Gasteiger charge is 2.31. The van der Waals surface area contributed by atoms with Gasteiger partial charge in [0.2, 0.25) is 11.8 Å². The van der Waals surface area contributed by atoms with Crippen molar-refractivity contribution in [2.75, 3.05) is 0 Å². The van der Waals surface area contributed by atoms with Crippen LogP contribution in [0.1, 0.15) is 42.5 Å². The van der Waals surface area contributed by atoms with Crippen LogP contribution in [0.2, 0.25) is 10.0 Å². The van der Waals surface area contributed by atoms with E-state index >= 15 is 0 Å². The normalized spacial score (nSPS) is 11.6. The second-order valence-corrected chi connectivity index (χ2v) is 8.51. The summed E-state index contributed by atoms with van der Waals surface area (Å²) in [4.78, 5) is 28.1. The third kappa shape index (κ3) is 6.80. The average Bonchev–Trinajstić information content (AvgIpc) is 2.80. The molecule has 0 spiro atoms. The molecule has 0 saturated heterocycles. The van der Waals surface area contributed by atoms with E-state index in [1.807, 2.05) is 37.3 Å². The van der Waals surface area contributed by atoms with Gasteiger partial charge in [-0.15, -0.1) is 0 Å². The van der Waals surface area contributed by atoms with Crippen LogP contribution in [0, 0.1) is 5.82 Å². The number of nitrogens with zero attached hydrogens (tertiary/aromatic N) is 1. The topological polar surface area (TPSA) is 49.4 Å². The minimum absolute atomic E-state index is 0.157. The minimum atomic E-state index is -0.860. The molecule has 0 aromatic heterocycles. The molecule has 1 atom stereocenters. The van der Waals surface area contributed by atoms with Crippen LogP contribution in [0.4, 0.5) is 4.39 Å². The van der Waals surface area contributed by atoms with E-state index in [0.717, 1.165) is 5.56 Å². The van der Waals surface area contributed by atoms with Gasteiger partial charge in [-0.25, -0.2) is 4.39 Å². The van der Waals surface area contributed by atoms with E-state index in [1.54, 1.807) is 35.2 Å². The first kappa shape index (κ1) is 24.7. The number of hydrogen-bond acceptors (Lipinski definition) is 2. The van der Waals surface area contributed by atoms with Crippen LogP contribution < -0.4 is 5.32 Å². The minimum Gasteiger partial charge on any atom is -0.350 e. The molecule has 0 fully saturated rings. The van der Waals surface area contributed by atoms with Gasteiger partial charge in [0, 0.05) is 29.6 Å². The van der Waals surface area contributed by atoms with Crippen LogP contribution >= 0.6 is 23.2 Å². The summed E-state index contributed by atoms with van der Waals surface area (Å²) in [6.07, 6.45) is 0.934. The average molecular weight is 487 g/mol. The molecule has 0 radical (unpaired) electrons.